The van der Waals surface area contributed by atoms with Crippen LogP contribution in [-0.4, -0.2) is 19.3 Å². The molecular weight excluding hydrogens is 310 g/mol. The van der Waals surface area contributed by atoms with Crippen LogP contribution in [-0.2, 0) is 0 Å². The second-order valence-corrected chi connectivity index (χ2v) is 6.85. The summed E-state index contributed by atoms with van der Waals surface area (Å²) in [6.45, 7) is 10.2. The van der Waals surface area contributed by atoms with Crippen LogP contribution in [0, 0.1) is 12.8 Å². The number of aryl methyl sites for hydroxylation is 1. The van der Waals surface area contributed by atoms with Crippen LogP contribution in [0.2, 0.25) is 0 Å². The molecule has 3 nitrogen and oxygen atoms in total. The van der Waals surface area contributed by atoms with E-state index < -0.39 is 0 Å². The first kappa shape index (κ1) is 19.2. The molecule has 1 unspecified atom stereocenters. The van der Waals surface area contributed by atoms with E-state index in [0.29, 0.717) is 5.92 Å². The molecular formula is C22H31NO2. The normalized spacial score (nSPS) is 12.0. The van der Waals surface area contributed by atoms with Gasteiger partial charge in [-0.2, -0.15) is 0 Å². The molecule has 0 fully saturated rings. The minimum atomic E-state index is 0.131. The van der Waals surface area contributed by atoms with Gasteiger partial charge in [-0.05, 0) is 49.4 Å². The maximum Gasteiger partial charge on any atom is 0.122 e. The lowest BCUT2D eigenvalue weighted by Crippen LogP contribution is -2.25. The highest BCUT2D eigenvalue weighted by Crippen LogP contribution is 2.21. The maximum absolute atomic E-state index is 6.14. The Morgan fingerprint density at radius 1 is 1.04 bits per heavy atom. The van der Waals surface area contributed by atoms with Gasteiger partial charge in [-0.25, -0.2) is 0 Å². The first-order valence-corrected chi connectivity index (χ1v) is 9.27. The lowest BCUT2D eigenvalue weighted by atomic mass is 10.1. The van der Waals surface area contributed by atoms with Crippen molar-refractivity contribution >= 4 is 5.69 Å². The van der Waals surface area contributed by atoms with Crippen LogP contribution < -0.4 is 14.8 Å². The van der Waals surface area contributed by atoms with Crippen molar-refractivity contribution in [2.24, 2.45) is 5.92 Å². The Hall–Kier alpha value is -2.16. The zero-order valence-electron chi connectivity index (χ0n) is 15.9. The van der Waals surface area contributed by atoms with Gasteiger partial charge in [-0.3, -0.25) is 0 Å². The monoisotopic (exact) mass is 341 g/mol. The molecule has 25 heavy (non-hydrogen) atoms. The van der Waals surface area contributed by atoms with Crippen molar-refractivity contribution < 1.29 is 9.47 Å². The fourth-order valence-corrected chi connectivity index (χ4v) is 2.48. The van der Waals surface area contributed by atoms with Crippen LogP contribution in [0.25, 0.3) is 0 Å². The van der Waals surface area contributed by atoms with Gasteiger partial charge in [0.05, 0.1) is 13.2 Å². The first-order valence-electron chi connectivity index (χ1n) is 9.27. The summed E-state index contributed by atoms with van der Waals surface area (Å²) in [5.41, 5.74) is 2.23. The fourth-order valence-electron chi connectivity index (χ4n) is 2.48. The summed E-state index contributed by atoms with van der Waals surface area (Å²) in [7, 11) is 0. The van der Waals surface area contributed by atoms with E-state index in [9.17, 15) is 0 Å². The molecule has 0 saturated carbocycles. The Morgan fingerprint density at radius 3 is 2.56 bits per heavy atom. The van der Waals surface area contributed by atoms with E-state index in [1.807, 2.05) is 30.3 Å². The fraction of sp³-hybridized carbons (Fsp3) is 0.455. The van der Waals surface area contributed by atoms with E-state index in [2.05, 4.69) is 51.2 Å². The molecule has 136 valence electrons. The van der Waals surface area contributed by atoms with Crippen molar-refractivity contribution in [3.05, 3.63) is 54.1 Å². The number of hydrogen-bond acceptors (Lipinski definition) is 3. The Bertz CT molecular complexity index is 639. The van der Waals surface area contributed by atoms with E-state index in [1.165, 1.54) is 5.56 Å². The Balaban J connectivity index is 1.87. The lowest BCUT2D eigenvalue weighted by molar-refractivity contribution is 0.208. The molecule has 0 amide bonds. The van der Waals surface area contributed by atoms with Gasteiger partial charge in [0, 0.05) is 11.8 Å². The van der Waals surface area contributed by atoms with Crippen LogP contribution in [0.3, 0.4) is 0 Å². The average molecular weight is 341 g/mol. The van der Waals surface area contributed by atoms with Gasteiger partial charge in [0.15, 0.2) is 0 Å². The van der Waals surface area contributed by atoms with Crippen LogP contribution in [0.4, 0.5) is 5.69 Å². The van der Waals surface area contributed by atoms with Gasteiger partial charge in [0.2, 0.25) is 0 Å². The highest BCUT2D eigenvalue weighted by atomic mass is 16.5. The summed E-state index contributed by atoms with van der Waals surface area (Å²) in [4.78, 5) is 0. The van der Waals surface area contributed by atoms with Crippen molar-refractivity contribution in [1.29, 1.82) is 0 Å². The van der Waals surface area contributed by atoms with Crippen LogP contribution in [0.1, 0.15) is 39.2 Å². The molecule has 1 N–H and O–H groups in total. The molecule has 0 aliphatic heterocycles. The molecule has 0 aromatic heterocycles. The molecule has 0 aliphatic carbocycles. The predicted molar refractivity (Wildman–Crippen MR) is 106 cm³/mol. The lowest BCUT2D eigenvalue weighted by Gasteiger charge is -2.20. The molecule has 0 radical (unpaired) electrons. The van der Waals surface area contributed by atoms with Crippen molar-refractivity contribution in [2.45, 2.75) is 46.6 Å². The first-order chi connectivity index (χ1) is 12.1. The number of para-hydroxylation sites is 1. The van der Waals surface area contributed by atoms with Gasteiger partial charge in [-0.15, -0.1) is 0 Å². The van der Waals surface area contributed by atoms with Gasteiger partial charge >= 0.3 is 0 Å². The molecule has 3 heteroatoms. The Morgan fingerprint density at radius 2 is 1.84 bits per heavy atom. The number of hydrogen-bond donors (Lipinski definition) is 1. The van der Waals surface area contributed by atoms with Gasteiger partial charge in [-0.1, -0.05) is 45.0 Å². The highest BCUT2D eigenvalue weighted by molar-refractivity contribution is 5.48. The summed E-state index contributed by atoms with van der Waals surface area (Å²) in [6, 6.07) is 16.3. The molecule has 0 spiro atoms. The van der Waals surface area contributed by atoms with Crippen molar-refractivity contribution in [3.8, 4) is 11.5 Å². The molecule has 2 rings (SSSR count). The smallest absolute Gasteiger partial charge is 0.122 e. The second kappa shape index (κ2) is 9.97. The molecule has 2 aromatic carbocycles. The van der Waals surface area contributed by atoms with Gasteiger partial charge in [0.25, 0.3) is 0 Å². The predicted octanol–water partition coefficient (Wildman–Crippen LogP) is 5.69. The minimum Gasteiger partial charge on any atom is -0.494 e. The van der Waals surface area contributed by atoms with Crippen LogP contribution in [0.15, 0.2) is 48.5 Å². The third kappa shape index (κ3) is 6.69. The van der Waals surface area contributed by atoms with Gasteiger partial charge < -0.3 is 14.8 Å². The number of anilines is 1. The highest BCUT2D eigenvalue weighted by Gasteiger charge is 2.10. The summed E-state index contributed by atoms with van der Waals surface area (Å²) < 4.78 is 12.0. The number of nitrogens with one attached hydrogen (secondary N) is 1. The summed E-state index contributed by atoms with van der Waals surface area (Å²) in [5.74, 6) is 2.53. The van der Waals surface area contributed by atoms with E-state index in [1.54, 1.807) is 0 Å². The Labute approximate surface area is 152 Å². The number of benzene rings is 2. The van der Waals surface area contributed by atoms with E-state index >= 15 is 0 Å². The standard InChI is InChI=1S/C22H31NO2/c1-5-20(25-22-12-7-6-9-18(22)4)16-23-19-10-8-11-21(15-19)24-14-13-17(2)3/h6-12,15,17,20,23H,5,13-14,16H2,1-4H3. The SMILES string of the molecule is CCC(CNc1cccc(OCCC(C)C)c1)Oc1ccccc1C. The number of ether oxygens (including phenoxy) is 2. The summed E-state index contributed by atoms with van der Waals surface area (Å²) in [6.07, 6.45) is 2.15. The quantitative estimate of drug-likeness (QED) is 0.602. The van der Waals surface area contributed by atoms with Crippen LogP contribution in [0.5, 0.6) is 11.5 Å². The van der Waals surface area contributed by atoms with Gasteiger partial charge in [0.1, 0.15) is 17.6 Å². The third-order valence-corrected chi connectivity index (χ3v) is 4.17. The molecule has 0 heterocycles. The molecule has 0 aliphatic rings. The zero-order chi connectivity index (χ0) is 18.1. The molecule has 1 atom stereocenters. The van der Waals surface area contributed by atoms with E-state index in [4.69, 9.17) is 9.47 Å². The van der Waals surface area contributed by atoms with E-state index in [-0.39, 0.29) is 6.10 Å². The number of rotatable bonds is 10. The third-order valence-electron chi connectivity index (χ3n) is 4.17. The molecule has 0 saturated heterocycles. The summed E-state index contributed by atoms with van der Waals surface area (Å²) in [5, 5.41) is 3.47. The maximum atomic E-state index is 6.14. The van der Waals surface area contributed by atoms with Crippen molar-refractivity contribution in [3.63, 3.8) is 0 Å². The minimum absolute atomic E-state index is 0.131. The zero-order valence-corrected chi connectivity index (χ0v) is 15.9. The van der Waals surface area contributed by atoms with E-state index in [0.717, 1.165) is 43.2 Å². The molecule has 0 bridgehead atoms. The largest absolute Gasteiger partial charge is 0.494 e. The Kier molecular flexibility index (Phi) is 7.65. The van der Waals surface area contributed by atoms with Crippen molar-refractivity contribution in [2.75, 3.05) is 18.5 Å². The van der Waals surface area contributed by atoms with Crippen LogP contribution >= 0.6 is 0 Å². The summed E-state index contributed by atoms with van der Waals surface area (Å²) >= 11 is 0. The molecule has 2 aromatic rings. The average Bonchev–Trinajstić information content (AvgIpc) is 2.60. The second-order valence-electron chi connectivity index (χ2n) is 6.85. The van der Waals surface area contributed by atoms with Crippen molar-refractivity contribution in [1.82, 2.24) is 0 Å². The topological polar surface area (TPSA) is 30.5 Å².